The molecule has 26 heavy (non-hydrogen) atoms. The number of nitro groups is 1. The van der Waals surface area contributed by atoms with E-state index in [0.29, 0.717) is 11.1 Å². The van der Waals surface area contributed by atoms with E-state index in [1.807, 2.05) is 0 Å². The van der Waals surface area contributed by atoms with Gasteiger partial charge >= 0.3 is 5.97 Å². The van der Waals surface area contributed by atoms with Gasteiger partial charge in [-0.25, -0.2) is 4.79 Å². The summed E-state index contributed by atoms with van der Waals surface area (Å²) in [4.78, 5) is 45.6. The Morgan fingerprint density at radius 2 is 1.65 bits per heavy atom. The van der Waals surface area contributed by atoms with Crippen molar-refractivity contribution < 1.29 is 24.0 Å². The third-order valence-corrected chi connectivity index (χ3v) is 3.95. The maximum atomic E-state index is 12.0. The van der Waals surface area contributed by atoms with Crippen LogP contribution in [0.4, 0.5) is 5.69 Å². The van der Waals surface area contributed by atoms with Gasteiger partial charge in [0.2, 0.25) is 5.78 Å². The molecule has 0 aliphatic rings. The Bertz CT molecular complexity index is 819. The summed E-state index contributed by atoms with van der Waals surface area (Å²) in [6.45, 7) is -0.201. The van der Waals surface area contributed by atoms with Gasteiger partial charge in [-0.3, -0.25) is 19.7 Å². The molecule has 0 radical (unpaired) electrons. The Labute approximate surface area is 154 Å². The van der Waals surface area contributed by atoms with Gasteiger partial charge in [0.25, 0.3) is 5.69 Å². The zero-order chi connectivity index (χ0) is 19.1. The van der Waals surface area contributed by atoms with Crippen molar-refractivity contribution in [2.24, 2.45) is 0 Å². The van der Waals surface area contributed by atoms with E-state index < -0.39 is 27.7 Å². The standard InChI is InChI=1S/C18H15NO6S/c20-16(10-15(18(22)26)13-4-2-1-3-5-13)17(21)25-11-12-6-8-14(9-7-12)19(23)24/h1-9,15H,10-11H2,(H,22,26). The summed E-state index contributed by atoms with van der Waals surface area (Å²) in [5.41, 5.74) is 1.000. The monoisotopic (exact) mass is 373 g/mol. The number of Topliss-reactive ketones (excluding diaryl/α,β-unsaturated/α-hetero) is 1. The first-order chi connectivity index (χ1) is 12.4. The van der Waals surface area contributed by atoms with Gasteiger partial charge in [-0.05, 0) is 23.3 Å². The fourth-order valence-electron chi connectivity index (χ4n) is 2.25. The quantitative estimate of drug-likeness (QED) is 0.251. The van der Waals surface area contributed by atoms with Crippen molar-refractivity contribution in [3.05, 3.63) is 75.8 Å². The van der Waals surface area contributed by atoms with Gasteiger partial charge in [-0.15, -0.1) is 12.6 Å². The van der Waals surface area contributed by atoms with Crippen LogP contribution in [0.3, 0.4) is 0 Å². The number of non-ortho nitro benzene ring substituents is 1. The number of nitro benzene ring substituents is 1. The smallest absolute Gasteiger partial charge is 0.374 e. The first-order valence-corrected chi connectivity index (χ1v) is 8.04. The molecule has 0 aliphatic carbocycles. The Hall–Kier alpha value is -3.00. The molecule has 0 bridgehead atoms. The highest BCUT2D eigenvalue weighted by molar-refractivity contribution is 7.96. The number of hydrogen-bond donors (Lipinski definition) is 1. The average molecular weight is 373 g/mol. The molecule has 8 heteroatoms. The molecule has 1 atom stereocenters. The van der Waals surface area contributed by atoms with Crippen LogP contribution in [0.1, 0.15) is 23.5 Å². The molecule has 2 aromatic rings. The van der Waals surface area contributed by atoms with Gasteiger partial charge in [0.05, 0.1) is 10.8 Å². The van der Waals surface area contributed by atoms with Crippen molar-refractivity contribution in [1.29, 1.82) is 0 Å². The van der Waals surface area contributed by atoms with Crippen LogP contribution in [0.5, 0.6) is 0 Å². The van der Waals surface area contributed by atoms with Crippen LogP contribution < -0.4 is 0 Å². The number of ether oxygens (including phenoxy) is 1. The summed E-state index contributed by atoms with van der Waals surface area (Å²) >= 11 is 3.78. The maximum Gasteiger partial charge on any atom is 0.374 e. The number of hydrogen-bond acceptors (Lipinski definition) is 6. The Balaban J connectivity index is 1.95. The van der Waals surface area contributed by atoms with Crippen LogP contribution in [0.15, 0.2) is 54.6 Å². The number of carbonyl (C=O) groups is 3. The van der Waals surface area contributed by atoms with E-state index in [1.54, 1.807) is 30.3 Å². The molecule has 0 amide bonds. The molecule has 0 spiro atoms. The van der Waals surface area contributed by atoms with Crippen LogP contribution in [-0.4, -0.2) is 21.8 Å². The number of ketones is 1. The minimum Gasteiger partial charge on any atom is -0.455 e. The number of nitrogens with zero attached hydrogens (tertiary/aromatic N) is 1. The van der Waals surface area contributed by atoms with Gasteiger partial charge in [0.15, 0.2) is 5.12 Å². The molecule has 7 nitrogen and oxygen atoms in total. The lowest BCUT2D eigenvalue weighted by Gasteiger charge is -2.12. The second kappa shape index (κ2) is 8.91. The predicted molar refractivity (Wildman–Crippen MR) is 95.7 cm³/mol. The Morgan fingerprint density at radius 3 is 2.19 bits per heavy atom. The SMILES string of the molecule is O=C(CC(C(=O)S)c1ccccc1)C(=O)OCc1ccc([N+](=O)[O-])cc1. The normalized spacial score (nSPS) is 11.4. The second-order valence-corrected chi connectivity index (χ2v) is 5.87. The fourth-order valence-corrected chi connectivity index (χ4v) is 2.49. The van der Waals surface area contributed by atoms with Crippen LogP contribution in [-0.2, 0) is 25.7 Å². The van der Waals surface area contributed by atoms with E-state index in [-0.39, 0.29) is 18.7 Å². The number of benzene rings is 2. The van der Waals surface area contributed by atoms with E-state index in [9.17, 15) is 24.5 Å². The molecule has 0 saturated carbocycles. The van der Waals surface area contributed by atoms with Crippen LogP contribution in [0.25, 0.3) is 0 Å². The van der Waals surface area contributed by atoms with Crippen molar-refractivity contribution in [3.63, 3.8) is 0 Å². The van der Waals surface area contributed by atoms with Crippen molar-refractivity contribution in [2.45, 2.75) is 18.9 Å². The summed E-state index contributed by atoms with van der Waals surface area (Å²) in [5.74, 6) is -2.75. The maximum absolute atomic E-state index is 12.0. The van der Waals surface area contributed by atoms with Gasteiger partial charge in [0.1, 0.15) is 6.61 Å². The third-order valence-electron chi connectivity index (χ3n) is 3.63. The van der Waals surface area contributed by atoms with Gasteiger partial charge in [-0.1, -0.05) is 30.3 Å². The zero-order valence-electron chi connectivity index (χ0n) is 13.5. The number of rotatable bonds is 8. The van der Waals surface area contributed by atoms with E-state index in [4.69, 9.17) is 4.74 Å². The number of esters is 1. The van der Waals surface area contributed by atoms with E-state index in [0.717, 1.165) is 0 Å². The lowest BCUT2D eigenvalue weighted by atomic mass is 9.95. The highest BCUT2D eigenvalue weighted by Crippen LogP contribution is 2.23. The van der Waals surface area contributed by atoms with Crippen molar-refractivity contribution >= 4 is 35.2 Å². The molecule has 0 aromatic heterocycles. The van der Waals surface area contributed by atoms with Gasteiger partial charge in [-0.2, -0.15) is 0 Å². The third kappa shape index (κ3) is 5.25. The zero-order valence-corrected chi connectivity index (χ0v) is 14.4. The molecule has 0 aliphatic heterocycles. The van der Waals surface area contributed by atoms with E-state index in [1.165, 1.54) is 24.3 Å². The summed E-state index contributed by atoms with van der Waals surface area (Å²) in [6, 6.07) is 14.0. The molecule has 1 unspecified atom stereocenters. The lowest BCUT2D eigenvalue weighted by molar-refractivity contribution is -0.384. The minimum atomic E-state index is -1.07. The van der Waals surface area contributed by atoms with Gasteiger partial charge < -0.3 is 4.74 Å². The molecule has 2 rings (SSSR count). The summed E-state index contributed by atoms with van der Waals surface area (Å²) in [7, 11) is 0. The van der Waals surface area contributed by atoms with E-state index >= 15 is 0 Å². The predicted octanol–water partition coefficient (Wildman–Crippen LogP) is 2.84. The Kier molecular flexibility index (Phi) is 6.62. The number of carbonyl (C=O) groups excluding carboxylic acids is 3. The van der Waals surface area contributed by atoms with Crippen molar-refractivity contribution in [1.82, 2.24) is 0 Å². The molecule has 0 saturated heterocycles. The van der Waals surface area contributed by atoms with Crippen LogP contribution in [0.2, 0.25) is 0 Å². The Morgan fingerprint density at radius 1 is 1.04 bits per heavy atom. The van der Waals surface area contributed by atoms with Crippen LogP contribution >= 0.6 is 12.6 Å². The highest BCUT2D eigenvalue weighted by Gasteiger charge is 2.26. The number of thiol groups is 1. The summed E-state index contributed by atoms with van der Waals surface area (Å²) in [5, 5.41) is 10.1. The summed E-state index contributed by atoms with van der Waals surface area (Å²) < 4.78 is 4.91. The minimum absolute atomic E-state index is 0.0888. The van der Waals surface area contributed by atoms with Gasteiger partial charge in [0, 0.05) is 18.6 Å². The molecule has 2 aromatic carbocycles. The first kappa shape index (κ1) is 19.3. The molecular formula is C18H15NO6S. The van der Waals surface area contributed by atoms with Crippen molar-refractivity contribution in [3.8, 4) is 0 Å². The lowest BCUT2D eigenvalue weighted by Crippen LogP contribution is -2.22. The second-order valence-electron chi connectivity index (χ2n) is 5.43. The highest BCUT2D eigenvalue weighted by atomic mass is 32.1. The van der Waals surface area contributed by atoms with Crippen molar-refractivity contribution in [2.75, 3.05) is 0 Å². The largest absolute Gasteiger partial charge is 0.455 e. The fraction of sp³-hybridized carbons (Fsp3) is 0.167. The molecule has 0 N–H and O–H groups in total. The molecule has 0 heterocycles. The molecule has 0 fully saturated rings. The molecular weight excluding hydrogens is 358 g/mol. The topological polar surface area (TPSA) is 104 Å². The average Bonchev–Trinajstić information content (AvgIpc) is 2.64. The summed E-state index contributed by atoms with van der Waals surface area (Å²) in [6.07, 6.45) is -0.342. The molecule has 134 valence electrons. The van der Waals surface area contributed by atoms with E-state index in [2.05, 4.69) is 12.6 Å². The van der Waals surface area contributed by atoms with Crippen LogP contribution in [0, 0.1) is 10.1 Å². The first-order valence-electron chi connectivity index (χ1n) is 7.59.